The minimum Gasteiger partial charge on any atom is -0.480 e. The molecule has 38 heavy (non-hydrogen) atoms. The van der Waals surface area contributed by atoms with Crippen LogP contribution in [0.4, 0.5) is 22.1 Å². The number of carbonyl (C=O) groups is 2. The summed E-state index contributed by atoms with van der Waals surface area (Å²) in [6.45, 7) is 4.61. The van der Waals surface area contributed by atoms with Crippen LogP contribution in [0.5, 0.6) is 0 Å². The Morgan fingerprint density at radius 2 is 1.71 bits per heavy atom. The van der Waals surface area contributed by atoms with Gasteiger partial charge in [-0.2, -0.15) is 14.0 Å². The van der Waals surface area contributed by atoms with E-state index in [4.69, 9.17) is 23.2 Å². The molecule has 13 heteroatoms. The molecule has 204 valence electrons. The lowest BCUT2D eigenvalue weighted by atomic mass is 9.62. The second-order valence-electron chi connectivity index (χ2n) is 10.1. The highest BCUT2D eigenvalue weighted by Gasteiger charge is 2.72. The van der Waals surface area contributed by atoms with Crippen LogP contribution in [0.2, 0.25) is 10.0 Å². The number of rotatable bonds is 6. The van der Waals surface area contributed by atoms with Crippen molar-refractivity contribution in [3.05, 3.63) is 69.2 Å². The highest BCUT2D eigenvalue weighted by molar-refractivity contribution is 6.30. The monoisotopic (exact) mass is 578 g/mol. The van der Waals surface area contributed by atoms with Crippen molar-refractivity contribution in [2.24, 2.45) is 5.41 Å². The number of hydrogen-bond donors (Lipinski definition) is 1. The number of aliphatic carboxylic acids is 1. The summed E-state index contributed by atoms with van der Waals surface area (Å²) < 4.78 is 75.1. The van der Waals surface area contributed by atoms with E-state index in [0.717, 1.165) is 6.07 Å². The van der Waals surface area contributed by atoms with Gasteiger partial charge in [-0.15, -0.1) is 0 Å². The number of hydrogen-bond acceptors (Lipinski definition) is 5. The molecule has 3 rings (SSSR count). The van der Waals surface area contributed by atoms with Crippen molar-refractivity contribution in [3.63, 3.8) is 0 Å². The number of likely N-dealkylation sites (tertiary alicyclic amines) is 1. The lowest BCUT2D eigenvalue weighted by molar-refractivity contribution is -0.245. The Morgan fingerprint density at radius 1 is 1.13 bits per heavy atom. The minimum absolute atomic E-state index is 0.00345. The molecule has 0 saturated carbocycles. The van der Waals surface area contributed by atoms with E-state index in [0.29, 0.717) is 12.1 Å². The highest BCUT2D eigenvalue weighted by Crippen LogP contribution is 2.59. The number of nitrogens with zero attached hydrogens (tertiary/aromatic N) is 2. The molecular formula is C25H21Cl2F5N2O4. The van der Waals surface area contributed by atoms with Gasteiger partial charge < -0.3 is 5.11 Å². The van der Waals surface area contributed by atoms with Crippen molar-refractivity contribution in [2.75, 3.05) is 0 Å². The SMILES string of the molecule is CC(C)(C)C[C@@H]1N(C(F)(F)C(=O)OF)[C@@H](C(=O)O)[C@H](c2cccc(Cl)c2)[C@@]1(C#N)c1c(F)cc(Cl)cc1F. The molecule has 1 aliphatic heterocycles. The molecule has 0 aromatic heterocycles. The Kier molecular flexibility index (Phi) is 8.04. The average Bonchev–Trinajstić information content (AvgIpc) is 3.08. The predicted octanol–water partition coefficient (Wildman–Crippen LogP) is 6.41. The first kappa shape index (κ1) is 29.6. The van der Waals surface area contributed by atoms with Crippen LogP contribution in [0.15, 0.2) is 36.4 Å². The van der Waals surface area contributed by atoms with E-state index in [9.17, 15) is 24.5 Å². The second-order valence-corrected chi connectivity index (χ2v) is 11.0. The van der Waals surface area contributed by atoms with E-state index in [1.807, 2.05) is 0 Å². The Morgan fingerprint density at radius 3 is 2.16 bits per heavy atom. The number of nitriles is 1. The number of alkyl halides is 2. The summed E-state index contributed by atoms with van der Waals surface area (Å²) in [4.78, 5) is 27.2. The van der Waals surface area contributed by atoms with Gasteiger partial charge in [0, 0.05) is 32.1 Å². The molecule has 1 fully saturated rings. The van der Waals surface area contributed by atoms with Crippen molar-refractivity contribution < 1.29 is 41.7 Å². The van der Waals surface area contributed by atoms with E-state index in [1.165, 1.54) is 39.0 Å². The summed E-state index contributed by atoms with van der Waals surface area (Å²) in [6.07, 6.45) is -0.502. The predicted molar refractivity (Wildman–Crippen MR) is 126 cm³/mol. The minimum atomic E-state index is -4.98. The van der Waals surface area contributed by atoms with Crippen LogP contribution in [0.25, 0.3) is 0 Å². The zero-order chi connectivity index (χ0) is 28.8. The first-order valence-electron chi connectivity index (χ1n) is 11.1. The van der Waals surface area contributed by atoms with Crippen LogP contribution in [0.3, 0.4) is 0 Å². The normalized spacial score (nSPS) is 24.2. The molecule has 0 amide bonds. The van der Waals surface area contributed by atoms with Crippen molar-refractivity contribution in [3.8, 4) is 6.07 Å². The van der Waals surface area contributed by atoms with Gasteiger partial charge in [-0.25, -0.2) is 23.4 Å². The third-order valence-electron chi connectivity index (χ3n) is 6.48. The van der Waals surface area contributed by atoms with Crippen LogP contribution in [-0.4, -0.2) is 40.1 Å². The first-order chi connectivity index (χ1) is 17.5. The Bertz CT molecular complexity index is 1290. The fourth-order valence-corrected chi connectivity index (χ4v) is 5.65. The molecule has 2 aromatic carbocycles. The fraction of sp³-hybridized carbons (Fsp3) is 0.400. The molecule has 1 aliphatic rings. The maximum absolute atomic E-state index is 15.6. The van der Waals surface area contributed by atoms with E-state index in [2.05, 4.69) is 4.94 Å². The largest absolute Gasteiger partial charge is 0.480 e. The molecule has 1 heterocycles. The lowest BCUT2D eigenvalue weighted by Crippen LogP contribution is -2.58. The average molecular weight is 579 g/mol. The third-order valence-corrected chi connectivity index (χ3v) is 6.93. The van der Waals surface area contributed by atoms with Gasteiger partial charge in [0.25, 0.3) is 0 Å². The highest BCUT2D eigenvalue weighted by atomic mass is 35.5. The molecule has 0 bridgehead atoms. The molecule has 0 aliphatic carbocycles. The summed E-state index contributed by atoms with van der Waals surface area (Å²) in [6, 6.07) is -1.42. The third kappa shape index (κ3) is 4.93. The van der Waals surface area contributed by atoms with Gasteiger partial charge in [0.05, 0.1) is 6.07 Å². The van der Waals surface area contributed by atoms with Gasteiger partial charge >= 0.3 is 18.0 Å². The number of benzene rings is 2. The molecule has 6 nitrogen and oxygen atoms in total. The molecule has 0 spiro atoms. The van der Waals surface area contributed by atoms with E-state index in [1.54, 1.807) is 6.07 Å². The first-order valence-corrected chi connectivity index (χ1v) is 11.8. The quantitative estimate of drug-likeness (QED) is 0.314. The van der Waals surface area contributed by atoms with E-state index < -0.39 is 75.5 Å². The maximum atomic E-state index is 15.6. The zero-order valence-corrected chi connectivity index (χ0v) is 21.6. The number of carboxylic acids is 1. The van der Waals surface area contributed by atoms with E-state index in [-0.39, 0.29) is 15.5 Å². The summed E-state index contributed by atoms with van der Waals surface area (Å²) >= 11 is 11.8. The summed E-state index contributed by atoms with van der Waals surface area (Å²) in [5, 5.41) is 20.4. The number of carbonyl (C=O) groups excluding carboxylic acids is 1. The topological polar surface area (TPSA) is 90.6 Å². The summed E-state index contributed by atoms with van der Waals surface area (Å²) in [5.41, 5.74) is -4.90. The van der Waals surface area contributed by atoms with Gasteiger partial charge in [-0.1, -0.05) is 56.1 Å². The molecular weight excluding hydrogens is 558 g/mol. The van der Waals surface area contributed by atoms with Crippen molar-refractivity contribution in [1.29, 1.82) is 5.26 Å². The van der Waals surface area contributed by atoms with Gasteiger partial charge in [0.1, 0.15) is 23.1 Å². The molecule has 0 radical (unpaired) electrons. The van der Waals surface area contributed by atoms with Crippen LogP contribution in [-0.2, 0) is 19.9 Å². The van der Waals surface area contributed by atoms with Crippen molar-refractivity contribution in [2.45, 2.75) is 56.7 Å². The Hall–Kier alpha value is -2.94. The standard InChI is InChI=1S/C25H21Cl2F5N2O4/c1-23(2,3)10-17-24(11-33,19-15(28)8-14(27)9-16(19)29)18(12-5-4-6-13(26)7-12)20(21(35)36)34(17)25(30,31)22(37)38-32/h4-9,17-18,20H,10H2,1-3H3,(H,35,36)/t17-,18-,20+,24-/m0/s1. The van der Waals surface area contributed by atoms with Crippen molar-refractivity contribution >= 4 is 35.1 Å². The summed E-state index contributed by atoms with van der Waals surface area (Å²) in [5.74, 6) is -9.51. The summed E-state index contributed by atoms with van der Waals surface area (Å²) in [7, 11) is 0. The van der Waals surface area contributed by atoms with Crippen LogP contribution >= 0.6 is 23.2 Å². The molecule has 1 saturated heterocycles. The maximum Gasteiger partial charge on any atom is 0.434 e. The molecule has 2 aromatic rings. The van der Waals surface area contributed by atoms with Gasteiger partial charge in [-0.3, -0.25) is 4.79 Å². The second kappa shape index (κ2) is 10.3. The van der Waals surface area contributed by atoms with Crippen LogP contribution < -0.4 is 0 Å². The smallest absolute Gasteiger partial charge is 0.434 e. The Balaban J connectivity index is 2.59. The molecule has 0 unspecified atom stereocenters. The molecule has 1 N–H and O–H groups in total. The van der Waals surface area contributed by atoms with Crippen LogP contribution in [0, 0.1) is 28.4 Å². The van der Waals surface area contributed by atoms with Gasteiger partial charge in [0.15, 0.2) is 0 Å². The van der Waals surface area contributed by atoms with Crippen molar-refractivity contribution in [1.82, 2.24) is 4.90 Å². The van der Waals surface area contributed by atoms with Crippen LogP contribution in [0.1, 0.15) is 44.2 Å². The number of carboxylic acid groups (broad SMARTS) is 1. The number of halogens is 7. The zero-order valence-electron chi connectivity index (χ0n) is 20.1. The van der Waals surface area contributed by atoms with E-state index >= 15 is 17.6 Å². The lowest BCUT2D eigenvalue weighted by Gasteiger charge is -2.40. The fourth-order valence-electron chi connectivity index (χ4n) is 5.26. The molecule has 4 atom stereocenters. The van der Waals surface area contributed by atoms with Gasteiger partial charge in [-0.05, 0) is 41.7 Å². The van der Waals surface area contributed by atoms with Gasteiger partial charge in [0.2, 0.25) is 0 Å². The Labute approximate surface area is 224 Å².